The zero-order valence-electron chi connectivity index (χ0n) is 8.75. The Hall–Kier alpha value is -1.31. The zero-order chi connectivity index (χ0) is 10.3. The number of hydrogen-bond acceptors (Lipinski definition) is 2. The van der Waals surface area contributed by atoms with E-state index in [-0.39, 0.29) is 5.54 Å². The molecule has 1 aliphatic carbocycles. The summed E-state index contributed by atoms with van der Waals surface area (Å²) in [5.41, 5.74) is 2.65. The predicted octanol–water partition coefficient (Wildman–Crippen LogP) is 2.54. The van der Waals surface area contributed by atoms with Crippen molar-refractivity contribution in [3.05, 3.63) is 29.8 Å². The third kappa shape index (κ3) is 1.44. The Morgan fingerprint density at radius 3 is 2.87 bits per heavy atom. The van der Waals surface area contributed by atoms with Gasteiger partial charge in [0, 0.05) is 24.1 Å². The molecule has 1 saturated carbocycles. The number of ketones is 1. The second-order valence-electron chi connectivity index (χ2n) is 4.81. The highest BCUT2D eigenvalue weighted by molar-refractivity contribution is 5.82. The van der Waals surface area contributed by atoms with Crippen LogP contribution in [-0.2, 0) is 11.2 Å². The summed E-state index contributed by atoms with van der Waals surface area (Å²) in [4.78, 5) is 11.5. The normalized spacial score (nSPS) is 28.9. The summed E-state index contributed by atoms with van der Waals surface area (Å²) < 4.78 is 0. The van der Waals surface area contributed by atoms with Gasteiger partial charge in [0.2, 0.25) is 0 Å². The maximum atomic E-state index is 11.5. The van der Waals surface area contributed by atoms with Gasteiger partial charge in [-0.25, -0.2) is 0 Å². The lowest BCUT2D eigenvalue weighted by molar-refractivity contribution is -0.121. The van der Waals surface area contributed by atoms with E-state index in [4.69, 9.17) is 0 Å². The van der Waals surface area contributed by atoms with E-state index in [1.807, 2.05) is 0 Å². The largest absolute Gasteiger partial charge is 0.379 e. The molecule has 15 heavy (non-hydrogen) atoms. The van der Waals surface area contributed by atoms with E-state index in [2.05, 4.69) is 29.6 Å². The minimum Gasteiger partial charge on any atom is -0.379 e. The predicted molar refractivity (Wildman–Crippen MR) is 60.0 cm³/mol. The standard InChI is InChI=1S/C13H15NO/c15-11-5-3-7-13(9-11)8-10-4-1-2-6-12(10)14-13/h1-2,4,6,14H,3,5,7-9H2/t13-/m1/s1. The molecule has 0 bridgehead atoms. The van der Waals surface area contributed by atoms with E-state index in [0.29, 0.717) is 12.2 Å². The van der Waals surface area contributed by atoms with Crippen LogP contribution < -0.4 is 5.32 Å². The van der Waals surface area contributed by atoms with Gasteiger partial charge >= 0.3 is 0 Å². The van der Waals surface area contributed by atoms with E-state index < -0.39 is 0 Å². The number of benzene rings is 1. The quantitative estimate of drug-likeness (QED) is 0.699. The van der Waals surface area contributed by atoms with Gasteiger partial charge < -0.3 is 5.32 Å². The number of para-hydroxylation sites is 1. The Kier molecular flexibility index (Phi) is 1.84. The molecule has 0 amide bonds. The smallest absolute Gasteiger partial charge is 0.135 e. The molecule has 1 spiro atoms. The molecule has 3 rings (SSSR count). The molecule has 2 nitrogen and oxygen atoms in total. The molecule has 0 radical (unpaired) electrons. The molecular formula is C13H15NO. The fourth-order valence-electron chi connectivity index (χ4n) is 2.93. The summed E-state index contributed by atoms with van der Waals surface area (Å²) in [7, 11) is 0. The minimum atomic E-state index is 0.0546. The van der Waals surface area contributed by atoms with Gasteiger partial charge in [0.05, 0.1) is 0 Å². The van der Waals surface area contributed by atoms with Gasteiger partial charge in [0.1, 0.15) is 5.78 Å². The molecule has 1 fully saturated rings. The lowest BCUT2D eigenvalue weighted by atomic mass is 9.79. The summed E-state index contributed by atoms with van der Waals surface area (Å²) in [5.74, 6) is 0.418. The van der Waals surface area contributed by atoms with Crippen LogP contribution >= 0.6 is 0 Å². The van der Waals surface area contributed by atoms with Crippen LogP contribution in [0.3, 0.4) is 0 Å². The van der Waals surface area contributed by atoms with Crippen LogP contribution in [0, 0.1) is 0 Å². The number of carbonyl (C=O) groups is 1. The Morgan fingerprint density at radius 1 is 1.20 bits per heavy atom. The summed E-state index contributed by atoms with van der Waals surface area (Å²) in [5, 5.41) is 3.56. The van der Waals surface area contributed by atoms with Crippen molar-refractivity contribution in [2.75, 3.05) is 5.32 Å². The van der Waals surface area contributed by atoms with E-state index in [1.54, 1.807) is 0 Å². The molecule has 2 aliphatic rings. The van der Waals surface area contributed by atoms with Crippen LogP contribution in [-0.4, -0.2) is 11.3 Å². The molecule has 1 N–H and O–H groups in total. The summed E-state index contributed by atoms with van der Waals surface area (Å²) >= 11 is 0. The van der Waals surface area contributed by atoms with E-state index in [1.165, 1.54) is 11.3 Å². The number of nitrogens with one attached hydrogen (secondary N) is 1. The summed E-state index contributed by atoms with van der Waals surface area (Å²) in [6.07, 6.45) is 4.68. The van der Waals surface area contributed by atoms with Crippen molar-refractivity contribution in [3.63, 3.8) is 0 Å². The third-order valence-corrected chi connectivity index (χ3v) is 3.59. The van der Waals surface area contributed by atoms with Gasteiger partial charge in [-0.3, -0.25) is 4.79 Å². The highest BCUT2D eigenvalue weighted by Gasteiger charge is 2.40. The van der Waals surface area contributed by atoms with Crippen molar-refractivity contribution < 1.29 is 4.79 Å². The topological polar surface area (TPSA) is 29.1 Å². The van der Waals surface area contributed by atoms with Crippen molar-refractivity contribution in [2.45, 2.75) is 37.6 Å². The second-order valence-corrected chi connectivity index (χ2v) is 4.81. The Morgan fingerprint density at radius 2 is 2.07 bits per heavy atom. The molecule has 1 aromatic rings. The average molecular weight is 201 g/mol. The first-order chi connectivity index (χ1) is 7.27. The van der Waals surface area contributed by atoms with Gasteiger partial charge in [-0.05, 0) is 30.9 Å². The van der Waals surface area contributed by atoms with E-state index in [0.717, 1.165) is 25.7 Å². The van der Waals surface area contributed by atoms with Gasteiger partial charge in [0.25, 0.3) is 0 Å². The molecule has 1 aliphatic heterocycles. The molecule has 1 aromatic carbocycles. The number of fused-ring (bicyclic) bond motifs is 1. The number of carbonyl (C=O) groups excluding carboxylic acids is 1. The molecule has 78 valence electrons. The maximum absolute atomic E-state index is 11.5. The highest BCUT2D eigenvalue weighted by Crippen LogP contribution is 2.40. The third-order valence-electron chi connectivity index (χ3n) is 3.59. The van der Waals surface area contributed by atoms with Crippen LogP contribution in [0.25, 0.3) is 0 Å². The van der Waals surface area contributed by atoms with Crippen LogP contribution in [0.15, 0.2) is 24.3 Å². The minimum absolute atomic E-state index is 0.0546. The van der Waals surface area contributed by atoms with E-state index in [9.17, 15) is 4.79 Å². The number of rotatable bonds is 0. The van der Waals surface area contributed by atoms with Crippen molar-refractivity contribution >= 4 is 11.5 Å². The fraction of sp³-hybridized carbons (Fsp3) is 0.462. The lowest BCUT2D eigenvalue weighted by Gasteiger charge is -2.33. The molecule has 0 aromatic heterocycles. The summed E-state index contributed by atoms with van der Waals surface area (Å²) in [6.45, 7) is 0. The fourth-order valence-corrected chi connectivity index (χ4v) is 2.93. The Bertz CT molecular complexity index is 386. The number of Topliss-reactive ketones (excluding diaryl/α,β-unsaturated/α-hetero) is 1. The maximum Gasteiger partial charge on any atom is 0.135 e. The van der Waals surface area contributed by atoms with E-state index >= 15 is 0 Å². The second kappa shape index (κ2) is 3.09. The van der Waals surface area contributed by atoms with Crippen LogP contribution in [0.1, 0.15) is 31.2 Å². The Labute approximate surface area is 89.7 Å². The highest BCUT2D eigenvalue weighted by atomic mass is 16.1. The molecule has 0 unspecified atom stereocenters. The molecular weight excluding hydrogens is 186 g/mol. The van der Waals surface area contributed by atoms with Crippen LogP contribution in [0.4, 0.5) is 5.69 Å². The van der Waals surface area contributed by atoms with Crippen molar-refractivity contribution in [3.8, 4) is 0 Å². The van der Waals surface area contributed by atoms with Gasteiger partial charge in [-0.1, -0.05) is 18.2 Å². The van der Waals surface area contributed by atoms with Gasteiger partial charge in [0.15, 0.2) is 0 Å². The average Bonchev–Trinajstić information content (AvgIpc) is 2.54. The molecule has 1 heterocycles. The van der Waals surface area contributed by atoms with Crippen molar-refractivity contribution in [1.82, 2.24) is 0 Å². The van der Waals surface area contributed by atoms with Gasteiger partial charge in [-0.2, -0.15) is 0 Å². The summed E-state index contributed by atoms with van der Waals surface area (Å²) in [6, 6.07) is 8.40. The van der Waals surface area contributed by atoms with Gasteiger partial charge in [-0.15, -0.1) is 0 Å². The molecule has 1 atom stereocenters. The van der Waals surface area contributed by atoms with Crippen molar-refractivity contribution in [1.29, 1.82) is 0 Å². The van der Waals surface area contributed by atoms with Crippen LogP contribution in [0.2, 0.25) is 0 Å². The zero-order valence-corrected chi connectivity index (χ0v) is 8.75. The van der Waals surface area contributed by atoms with Crippen LogP contribution in [0.5, 0.6) is 0 Å². The molecule has 0 saturated heterocycles. The van der Waals surface area contributed by atoms with Crippen molar-refractivity contribution in [2.24, 2.45) is 0 Å². The molecule has 2 heteroatoms. The first-order valence-electron chi connectivity index (χ1n) is 5.65. The first-order valence-corrected chi connectivity index (χ1v) is 5.65. The SMILES string of the molecule is O=C1CCC[C@]2(C1)Cc1ccccc1N2. The number of hydrogen-bond donors (Lipinski definition) is 1. The lowest BCUT2D eigenvalue weighted by Crippen LogP contribution is -2.41. The monoisotopic (exact) mass is 201 g/mol. The number of anilines is 1. The Balaban J connectivity index is 1.90. The first kappa shape index (κ1) is 8.96.